The van der Waals surface area contributed by atoms with Crippen LogP contribution in [0.2, 0.25) is 0 Å². The van der Waals surface area contributed by atoms with Gasteiger partial charge >= 0.3 is 0 Å². The summed E-state index contributed by atoms with van der Waals surface area (Å²) in [5.74, 6) is -1.05. The Morgan fingerprint density at radius 2 is 1.74 bits per heavy atom. The van der Waals surface area contributed by atoms with Crippen molar-refractivity contribution in [2.45, 2.75) is 24.5 Å². The summed E-state index contributed by atoms with van der Waals surface area (Å²) in [6.45, 7) is 0.493. The van der Waals surface area contributed by atoms with Crippen molar-refractivity contribution in [3.63, 3.8) is 0 Å². The zero-order valence-corrected chi connectivity index (χ0v) is 16.8. The number of para-hydroxylation sites is 1. The molecule has 3 atom stereocenters. The molecule has 4 nitrogen and oxygen atoms in total. The third kappa shape index (κ3) is 3.32. The number of nitrogens with zero attached hydrogens (tertiary/aromatic N) is 2. The van der Waals surface area contributed by atoms with Crippen molar-refractivity contribution in [3.05, 3.63) is 101 Å². The molecule has 0 radical (unpaired) electrons. The van der Waals surface area contributed by atoms with Crippen molar-refractivity contribution in [2.24, 2.45) is 0 Å². The van der Waals surface area contributed by atoms with Crippen LogP contribution in [0.15, 0.2) is 72.8 Å². The van der Waals surface area contributed by atoms with Crippen LogP contribution < -0.4 is 4.90 Å². The largest absolute Gasteiger partial charge is 0.395 e. The second kappa shape index (κ2) is 7.87. The molecule has 1 amide bonds. The minimum atomic E-state index is -0.496. The predicted octanol–water partition coefficient (Wildman–Crippen LogP) is 3.95. The average Bonchev–Trinajstić information content (AvgIpc) is 2.79. The first-order chi connectivity index (χ1) is 15.1. The van der Waals surface area contributed by atoms with Crippen LogP contribution in [0.4, 0.5) is 14.5 Å². The SMILES string of the molecule is O=C(c1ccccc1)N1C[C@H]2[C@@H](c3ccccc31)[C@H](CO)N2Cc1cc(F)ccc1F. The summed E-state index contributed by atoms with van der Waals surface area (Å²) in [5, 5.41) is 10.1. The predicted molar refractivity (Wildman–Crippen MR) is 114 cm³/mol. The molecule has 1 fully saturated rings. The van der Waals surface area contributed by atoms with E-state index in [0.29, 0.717) is 12.1 Å². The number of amides is 1. The minimum Gasteiger partial charge on any atom is -0.395 e. The molecule has 31 heavy (non-hydrogen) atoms. The monoisotopic (exact) mass is 420 g/mol. The van der Waals surface area contributed by atoms with Gasteiger partial charge in [-0.25, -0.2) is 8.78 Å². The van der Waals surface area contributed by atoms with E-state index in [1.165, 1.54) is 6.07 Å². The third-order valence-electron chi connectivity index (χ3n) is 6.45. The number of fused-ring (bicyclic) bond motifs is 3. The molecule has 0 bridgehead atoms. The van der Waals surface area contributed by atoms with Gasteiger partial charge in [-0.05, 0) is 42.0 Å². The van der Waals surface area contributed by atoms with Crippen LogP contribution in [-0.4, -0.2) is 41.1 Å². The Kier molecular flexibility index (Phi) is 5.04. The lowest BCUT2D eigenvalue weighted by molar-refractivity contribution is -0.0494. The van der Waals surface area contributed by atoms with Gasteiger partial charge in [-0.3, -0.25) is 9.69 Å². The van der Waals surface area contributed by atoms with E-state index in [1.807, 2.05) is 47.4 Å². The molecular formula is C25H22F2N2O2. The van der Waals surface area contributed by atoms with Gasteiger partial charge in [0.05, 0.1) is 6.61 Å². The average molecular weight is 420 g/mol. The Morgan fingerprint density at radius 3 is 2.52 bits per heavy atom. The molecule has 1 saturated heterocycles. The summed E-state index contributed by atoms with van der Waals surface area (Å²) in [7, 11) is 0. The van der Waals surface area contributed by atoms with Crippen LogP contribution in [-0.2, 0) is 6.54 Å². The molecule has 2 heterocycles. The number of hydrogen-bond acceptors (Lipinski definition) is 3. The van der Waals surface area contributed by atoms with Crippen molar-refractivity contribution >= 4 is 11.6 Å². The molecule has 0 unspecified atom stereocenters. The topological polar surface area (TPSA) is 43.8 Å². The number of benzene rings is 3. The lowest BCUT2D eigenvalue weighted by Crippen LogP contribution is -2.68. The fraction of sp³-hybridized carbons (Fsp3) is 0.240. The van der Waals surface area contributed by atoms with Gasteiger partial charge in [0, 0.05) is 47.9 Å². The number of aliphatic hydroxyl groups excluding tert-OH is 1. The number of carbonyl (C=O) groups is 1. The van der Waals surface area contributed by atoms with Gasteiger partial charge < -0.3 is 10.0 Å². The first kappa shape index (κ1) is 19.8. The standard InChI is InChI=1S/C25H22F2N2O2/c26-18-10-11-20(27)17(12-18)13-28-22-14-29(25(31)16-6-2-1-3-7-16)21-9-5-4-8-19(21)24(22)23(28)15-30/h1-12,22-24,30H,13-15H2/t22-,23-,24+/m0/s1. The summed E-state index contributed by atoms with van der Waals surface area (Å²) in [4.78, 5) is 17.0. The maximum absolute atomic E-state index is 14.3. The summed E-state index contributed by atoms with van der Waals surface area (Å²) >= 11 is 0. The molecule has 2 aliphatic heterocycles. The molecule has 1 N–H and O–H groups in total. The van der Waals surface area contributed by atoms with Crippen molar-refractivity contribution in [1.82, 2.24) is 4.90 Å². The number of carbonyl (C=O) groups excluding carboxylic acids is 1. The quantitative estimate of drug-likeness (QED) is 0.695. The number of hydrogen-bond donors (Lipinski definition) is 1. The van der Waals surface area contributed by atoms with E-state index in [0.717, 1.165) is 23.4 Å². The summed E-state index contributed by atoms with van der Waals surface area (Å²) in [5.41, 5.74) is 2.68. The lowest BCUT2D eigenvalue weighted by atomic mass is 9.71. The molecule has 0 spiro atoms. The molecular weight excluding hydrogens is 398 g/mol. The van der Waals surface area contributed by atoms with Crippen LogP contribution >= 0.6 is 0 Å². The lowest BCUT2D eigenvalue weighted by Gasteiger charge is -2.59. The first-order valence-corrected chi connectivity index (χ1v) is 10.3. The Labute approximate surface area is 179 Å². The molecule has 3 aromatic carbocycles. The van der Waals surface area contributed by atoms with Crippen LogP contribution in [0.5, 0.6) is 0 Å². The Morgan fingerprint density at radius 1 is 1.00 bits per heavy atom. The fourth-order valence-electron chi connectivity index (χ4n) is 4.99. The number of halogens is 2. The molecule has 0 aliphatic carbocycles. The zero-order chi connectivity index (χ0) is 21.5. The molecule has 3 aromatic rings. The fourth-order valence-corrected chi connectivity index (χ4v) is 4.99. The van der Waals surface area contributed by atoms with E-state index < -0.39 is 11.6 Å². The van der Waals surface area contributed by atoms with E-state index in [1.54, 1.807) is 17.0 Å². The number of aliphatic hydroxyl groups is 1. The third-order valence-corrected chi connectivity index (χ3v) is 6.45. The van der Waals surface area contributed by atoms with Gasteiger partial charge in [-0.2, -0.15) is 0 Å². The van der Waals surface area contributed by atoms with Gasteiger partial charge in [-0.15, -0.1) is 0 Å². The van der Waals surface area contributed by atoms with E-state index in [9.17, 15) is 18.7 Å². The van der Waals surface area contributed by atoms with Gasteiger partial charge in [0.15, 0.2) is 0 Å². The van der Waals surface area contributed by atoms with Gasteiger partial charge in [0.25, 0.3) is 5.91 Å². The normalized spacial score (nSPS) is 22.4. The highest BCUT2D eigenvalue weighted by atomic mass is 19.1. The van der Waals surface area contributed by atoms with Gasteiger partial charge in [0.2, 0.25) is 0 Å². The van der Waals surface area contributed by atoms with Crippen molar-refractivity contribution in [1.29, 1.82) is 0 Å². The first-order valence-electron chi connectivity index (χ1n) is 10.3. The highest BCUT2D eigenvalue weighted by Crippen LogP contribution is 2.49. The maximum atomic E-state index is 14.3. The smallest absolute Gasteiger partial charge is 0.258 e. The Bertz CT molecular complexity index is 1120. The second-order valence-corrected chi connectivity index (χ2v) is 8.09. The second-order valence-electron chi connectivity index (χ2n) is 8.09. The summed E-state index contributed by atoms with van der Waals surface area (Å²) in [6.07, 6.45) is 0. The van der Waals surface area contributed by atoms with Gasteiger partial charge in [-0.1, -0.05) is 36.4 Å². The Hall–Kier alpha value is -3.09. The van der Waals surface area contributed by atoms with E-state index in [-0.39, 0.29) is 42.6 Å². The number of anilines is 1. The minimum absolute atomic E-state index is 0.0256. The molecule has 158 valence electrons. The van der Waals surface area contributed by atoms with Crippen LogP contribution in [0.1, 0.15) is 27.4 Å². The highest BCUT2D eigenvalue weighted by Gasteiger charge is 2.53. The van der Waals surface area contributed by atoms with E-state index >= 15 is 0 Å². The maximum Gasteiger partial charge on any atom is 0.258 e. The zero-order valence-electron chi connectivity index (χ0n) is 16.8. The van der Waals surface area contributed by atoms with Crippen LogP contribution in [0.3, 0.4) is 0 Å². The van der Waals surface area contributed by atoms with Crippen molar-refractivity contribution < 1.29 is 18.7 Å². The number of rotatable bonds is 4. The van der Waals surface area contributed by atoms with Crippen LogP contribution in [0, 0.1) is 11.6 Å². The van der Waals surface area contributed by atoms with Gasteiger partial charge in [0.1, 0.15) is 11.6 Å². The Balaban J connectivity index is 1.50. The summed E-state index contributed by atoms with van der Waals surface area (Å²) in [6, 6.07) is 19.9. The van der Waals surface area contributed by atoms with Crippen LogP contribution in [0.25, 0.3) is 0 Å². The van der Waals surface area contributed by atoms with E-state index in [2.05, 4.69) is 0 Å². The molecule has 5 rings (SSSR count). The van der Waals surface area contributed by atoms with Crippen molar-refractivity contribution in [3.8, 4) is 0 Å². The molecule has 6 heteroatoms. The molecule has 0 saturated carbocycles. The molecule has 0 aromatic heterocycles. The molecule has 2 aliphatic rings. The van der Waals surface area contributed by atoms with E-state index in [4.69, 9.17) is 0 Å². The highest BCUT2D eigenvalue weighted by molar-refractivity contribution is 6.07. The van der Waals surface area contributed by atoms with Crippen molar-refractivity contribution in [2.75, 3.05) is 18.1 Å². The number of likely N-dealkylation sites (tertiary alicyclic amines) is 1. The summed E-state index contributed by atoms with van der Waals surface area (Å²) < 4.78 is 28.0.